The fourth-order valence-electron chi connectivity index (χ4n) is 1.78. The van der Waals surface area contributed by atoms with E-state index in [9.17, 15) is 0 Å². The lowest BCUT2D eigenvalue weighted by atomic mass is 10.2. The predicted octanol–water partition coefficient (Wildman–Crippen LogP) is 3.56. The number of nitrogens with two attached hydrogens (primary N) is 1. The third kappa shape index (κ3) is 3.50. The highest BCUT2D eigenvalue weighted by molar-refractivity contribution is 6.34. The van der Waals surface area contributed by atoms with Crippen molar-refractivity contribution in [2.75, 3.05) is 7.11 Å². The Morgan fingerprint density at radius 1 is 1.20 bits per heavy atom. The standard InChI is InChI=1S/C15H15ClN2O2/c1-19-9-10-3-2-4-11(7-10)20-12-5-6-13(15(17)18)14(16)8-12/h2-8H,9H2,1H3,(H3,17,18). The van der Waals surface area contributed by atoms with Gasteiger partial charge in [0.2, 0.25) is 0 Å². The first-order valence-corrected chi connectivity index (χ1v) is 6.37. The van der Waals surface area contributed by atoms with Crippen LogP contribution < -0.4 is 10.5 Å². The smallest absolute Gasteiger partial charge is 0.128 e. The Kier molecular flexibility index (Phi) is 4.61. The molecule has 0 atom stereocenters. The van der Waals surface area contributed by atoms with E-state index in [1.807, 2.05) is 24.3 Å². The maximum absolute atomic E-state index is 7.38. The van der Waals surface area contributed by atoms with Crippen LogP contribution in [0.25, 0.3) is 0 Å². The van der Waals surface area contributed by atoms with E-state index in [4.69, 9.17) is 32.2 Å². The quantitative estimate of drug-likeness (QED) is 0.653. The van der Waals surface area contributed by atoms with Gasteiger partial charge in [0.05, 0.1) is 11.6 Å². The molecule has 0 aliphatic heterocycles. The molecule has 2 aromatic rings. The lowest BCUT2D eigenvalue weighted by Gasteiger charge is -2.09. The topological polar surface area (TPSA) is 68.3 Å². The normalized spacial score (nSPS) is 10.3. The second-order valence-electron chi connectivity index (χ2n) is 4.24. The molecule has 5 heteroatoms. The zero-order chi connectivity index (χ0) is 14.5. The van der Waals surface area contributed by atoms with E-state index in [1.54, 1.807) is 25.3 Å². The van der Waals surface area contributed by atoms with Crippen molar-refractivity contribution in [3.8, 4) is 11.5 Å². The van der Waals surface area contributed by atoms with E-state index < -0.39 is 0 Å². The summed E-state index contributed by atoms with van der Waals surface area (Å²) in [5.74, 6) is 1.23. The molecule has 3 N–H and O–H groups in total. The molecule has 0 amide bonds. The first-order chi connectivity index (χ1) is 9.60. The summed E-state index contributed by atoms with van der Waals surface area (Å²) in [4.78, 5) is 0. The lowest BCUT2D eigenvalue weighted by Crippen LogP contribution is -2.11. The van der Waals surface area contributed by atoms with Gasteiger partial charge in [-0.25, -0.2) is 0 Å². The molecule has 0 saturated carbocycles. The van der Waals surface area contributed by atoms with Crippen molar-refractivity contribution in [1.29, 1.82) is 5.41 Å². The molecule has 0 bridgehead atoms. The van der Waals surface area contributed by atoms with Gasteiger partial charge in [-0.15, -0.1) is 0 Å². The average Bonchev–Trinajstić information content (AvgIpc) is 2.39. The fourth-order valence-corrected chi connectivity index (χ4v) is 2.05. The summed E-state index contributed by atoms with van der Waals surface area (Å²) in [6.07, 6.45) is 0. The summed E-state index contributed by atoms with van der Waals surface area (Å²) in [6, 6.07) is 12.6. The molecule has 0 aliphatic carbocycles. The molecule has 2 rings (SSSR count). The van der Waals surface area contributed by atoms with Gasteiger partial charge >= 0.3 is 0 Å². The Hall–Kier alpha value is -2.04. The highest BCUT2D eigenvalue weighted by Gasteiger charge is 2.06. The summed E-state index contributed by atoms with van der Waals surface area (Å²) in [6.45, 7) is 0.529. The predicted molar refractivity (Wildman–Crippen MR) is 79.7 cm³/mol. The molecule has 0 saturated heterocycles. The molecule has 4 nitrogen and oxygen atoms in total. The van der Waals surface area contributed by atoms with Crippen molar-refractivity contribution in [1.82, 2.24) is 0 Å². The van der Waals surface area contributed by atoms with Gasteiger partial charge in [-0.2, -0.15) is 0 Å². The number of rotatable bonds is 5. The SMILES string of the molecule is COCc1cccc(Oc2ccc(C(=N)N)c(Cl)c2)c1. The average molecular weight is 291 g/mol. The van der Waals surface area contributed by atoms with Crippen molar-refractivity contribution >= 4 is 17.4 Å². The number of amidine groups is 1. The molecular formula is C15H15ClN2O2. The Morgan fingerprint density at radius 2 is 1.95 bits per heavy atom. The van der Waals surface area contributed by atoms with Gasteiger partial charge in [0.1, 0.15) is 17.3 Å². The number of benzene rings is 2. The Bertz CT molecular complexity index is 629. The van der Waals surface area contributed by atoms with Crippen LogP contribution in [0.5, 0.6) is 11.5 Å². The molecule has 0 fully saturated rings. The number of nitrogens with one attached hydrogen (secondary N) is 1. The van der Waals surface area contributed by atoms with E-state index in [2.05, 4.69) is 0 Å². The summed E-state index contributed by atoms with van der Waals surface area (Å²) >= 11 is 6.05. The maximum atomic E-state index is 7.38. The van der Waals surface area contributed by atoms with Crippen LogP contribution in [0, 0.1) is 5.41 Å². The molecule has 2 aromatic carbocycles. The number of methoxy groups -OCH3 is 1. The third-order valence-electron chi connectivity index (χ3n) is 2.68. The van der Waals surface area contributed by atoms with Gasteiger partial charge in [-0.3, -0.25) is 5.41 Å². The summed E-state index contributed by atoms with van der Waals surface area (Å²) in [5, 5.41) is 7.77. The maximum Gasteiger partial charge on any atom is 0.128 e. The number of ether oxygens (including phenoxy) is 2. The number of hydrogen-bond acceptors (Lipinski definition) is 3. The van der Waals surface area contributed by atoms with Gasteiger partial charge < -0.3 is 15.2 Å². The molecule has 0 aromatic heterocycles. The molecular weight excluding hydrogens is 276 g/mol. The van der Waals surface area contributed by atoms with E-state index in [1.165, 1.54) is 0 Å². The summed E-state index contributed by atoms with van der Waals surface area (Å²) < 4.78 is 10.8. The largest absolute Gasteiger partial charge is 0.457 e. The van der Waals surface area contributed by atoms with E-state index in [0.717, 1.165) is 5.56 Å². The minimum absolute atomic E-state index is 0.0661. The van der Waals surface area contributed by atoms with Gasteiger partial charge in [-0.05, 0) is 29.8 Å². The third-order valence-corrected chi connectivity index (χ3v) is 2.99. The highest BCUT2D eigenvalue weighted by atomic mass is 35.5. The highest BCUT2D eigenvalue weighted by Crippen LogP contribution is 2.27. The number of hydrogen-bond donors (Lipinski definition) is 2. The Labute approximate surface area is 122 Å². The molecule has 0 aliphatic rings. The van der Waals surface area contributed by atoms with Crippen molar-refractivity contribution in [2.24, 2.45) is 5.73 Å². The van der Waals surface area contributed by atoms with Gasteiger partial charge in [0.25, 0.3) is 0 Å². The zero-order valence-electron chi connectivity index (χ0n) is 11.0. The van der Waals surface area contributed by atoms with Crippen molar-refractivity contribution < 1.29 is 9.47 Å². The summed E-state index contributed by atoms with van der Waals surface area (Å²) in [7, 11) is 1.65. The van der Waals surface area contributed by atoms with Crippen molar-refractivity contribution in [3.05, 3.63) is 58.6 Å². The molecule has 104 valence electrons. The monoisotopic (exact) mass is 290 g/mol. The molecule has 0 radical (unpaired) electrons. The van der Waals surface area contributed by atoms with Crippen LogP contribution in [0.1, 0.15) is 11.1 Å². The van der Waals surface area contributed by atoms with Crippen LogP contribution in [0.2, 0.25) is 5.02 Å². The van der Waals surface area contributed by atoms with E-state index in [0.29, 0.717) is 28.7 Å². The Morgan fingerprint density at radius 3 is 2.60 bits per heavy atom. The summed E-state index contributed by atoms with van der Waals surface area (Å²) in [5.41, 5.74) is 6.93. The van der Waals surface area contributed by atoms with Crippen molar-refractivity contribution in [2.45, 2.75) is 6.61 Å². The van der Waals surface area contributed by atoms with Crippen LogP contribution in [0.4, 0.5) is 0 Å². The van der Waals surface area contributed by atoms with Crippen LogP contribution in [-0.4, -0.2) is 12.9 Å². The lowest BCUT2D eigenvalue weighted by molar-refractivity contribution is 0.184. The molecule has 20 heavy (non-hydrogen) atoms. The minimum atomic E-state index is -0.0661. The first kappa shape index (κ1) is 14.4. The Balaban J connectivity index is 2.19. The van der Waals surface area contributed by atoms with E-state index >= 15 is 0 Å². The molecule has 0 unspecified atom stereocenters. The molecule has 0 spiro atoms. The number of nitrogen functional groups attached to an aromatic ring is 1. The minimum Gasteiger partial charge on any atom is -0.457 e. The first-order valence-electron chi connectivity index (χ1n) is 6.00. The van der Waals surface area contributed by atoms with Crippen LogP contribution in [0.15, 0.2) is 42.5 Å². The second-order valence-corrected chi connectivity index (χ2v) is 4.65. The number of halogens is 1. The van der Waals surface area contributed by atoms with Gasteiger partial charge in [-0.1, -0.05) is 23.7 Å². The van der Waals surface area contributed by atoms with Crippen LogP contribution in [0.3, 0.4) is 0 Å². The van der Waals surface area contributed by atoms with Crippen LogP contribution >= 0.6 is 11.6 Å². The zero-order valence-corrected chi connectivity index (χ0v) is 11.8. The van der Waals surface area contributed by atoms with Gasteiger partial charge in [0, 0.05) is 18.7 Å². The van der Waals surface area contributed by atoms with Crippen molar-refractivity contribution in [3.63, 3.8) is 0 Å². The second kappa shape index (κ2) is 6.41. The van der Waals surface area contributed by atoms with Gasteiger partial charge in [0.15, 0.2) is 0 Å². The van der Waals surface area contributed by atoms with Crippen LogP contribution in [-0.2, 0) is 11.3 Å². The molecule has 0 heterocycles. The van der Waals surface area contributed by atoms with E-state index in [-0.39, 0.29) is 5.84 Å². The fraction of sp³-hybridized carbons (Fsp3) is 0.133.